The van der Waals surface area contributed by atoms with Gasteiger partial charge < -0.3 is 14.6 Å². The third kappa shape index (κ3) is 2.88. The van der Waals surface area contributed by atoms with E-state index in [4.69, 9.17) is 9.47 Å². The molecule has 0 aliphatic rings. The normalized spacial score (nSPS) is 12.1. The average Bonchev–Trinajstić information content (AvgIpc) is 2.44. The summed E-state index contributed by atoms with van der Waals surface area (Å²) in [5, 5.41) is 10.9. The van der Waals surface area contributed by atoms with Gasteiger partial charge in [0.1, 0.15) is 17.6 Å². The van der Waals surface area contributed by atoms with E-state index in [1.165, 1.54) is 5.56 Å². The molecule has 1 atom stereocenters. The number of hydrogen-bond acceptors (Lipinski definition) is 3. The summed E-state index contributed by atoms with van der Waals surface area (Å²) >= 11 is 0. The fraction of sp³-hybridized carbons (Fsp3) is 0.333. The van der Waals surface area contributed by atoms with Crippen LogP contribution in [-0.2, 0) is 0 Å². The van der Waals surface area contributed by atoms with Gasteiger partial charge in [0.25, 0.3) is 0 Å². The maximum Gasteiger partial charge on any atom is 0.128 e. The molecule has 2 aromatic carbocycles. The van der Waals surface area contributed by atoms with Gasteiger partial charge in [-0.15, -0.1) is 0 Å². The number of benzene rings is 2. The Balaban J connectivity index is 2.62. The summed E-state index contributed by atoms with van der Waals surface area (Å²) < 4.78 is 10.8. The highest BCUT2D eigenvalue weighted by Crippen LogP contribution is 2.39. The van der Waals surface area contributed by atoms with Gasteiger partial charge in [0.15, 0.2) is 0 Å². The number of rotatable bonds is 4. The molecule has 0 amide bonds. The van der Waals surface area contributed by atoms with Gasteiger partial charge in [0, 0.05) is 0 Å². The molecule has 0 aromatic heterocycles. The molecular formula is C18H22O3. The Labute approximate surface area is 126 Å². The van der Waals surface area contributed by atoms with Crippen LogP contribution >= 0.6 is 0 Å². The molecule has 2 aromatic rings. The first-order valence-electron chi connectivity index (χ1n) is 6.96. The quantitative estimate of drug-likeness (QED) is 0.931. The number of hydrogen-bond donors (Lipinski definition) is 1. The Morgan fingerprint density at radius 1 is 0.857 bits per heavy atom. The zero-order chi connectivity index (χ0) is 15.6. The molecule has 0 saturated heterocycles. The van der Waals surface area contributed by atoms with E-state index in [0.717, 1.165) is 16.7 Å². The lowest BCUT2D eigenvalue weighted by Gasteiger charge is -2.22. The number of aliphatic hydroxyl groups is 1. The molecular weight excluding hydrogens is 264 g/mol. The third-order valence-electron chi connectivity index (χ3n) is 3.75. The zero-order valence-electron chi connectivity index (χ0n) is 13.2. The predicted octanol–water partition coefficient (Wildman–Crippen LogP) is 3.71. The van der Waals surface area contributed by atoms with Crippen molar-refractivity contribution in [3.63, 3.8) is 0 Å². The summed E-state index contributed by atoms with van der Waals surface area (Å²) in [5.74, 6) is 1.25. The maximum absolute atomic E-state index is 10.9. The van der Waals surface area contributed by atoms with Crippen LogP contribution in [0.5, 0.6) is 11.5 Å². The summed E-state index contributed by atoms with van der Waals surface area (Å²) in [7, 11) is 3.19. The molecule has 0 aliphatic carbocycles. The lowest BCUT2D eigenvalue weighted by molar-refractivity contribution is 0.207. The van der Waals surface area contributed by atoms with Crippen LogP contribution in [0.4, 0.5) is 0 Å². The minimum Gasteiger partial charge on any atom is -0.496 e. The van der Waals surface area contributed by atoms with Crippen LogP contribution < -0.4 is 9.47 Å². The Morgan fingerprint density at radius 2 is 1.33 bits per heavy atom. The van der Waals surface area contributed by atoms with E-state index < -0.39 is 6.10 Å². The molecule has 3 nitrogen and oxygen atoms in total. The molecule has 0 radical (unpaired) electrons. The third-order valence-corrected chi connectivity index (χ3v) is 3.75. The van der Waals surface area contributed by atoms with Crippen molar-refractivity contribution in [3.8, 4) is 11.5 Å². The highest BCUT2D eigenvalue weighted by atomic mass is 16.5. The second kappa shape index (κ2) is 6.19. The molecule has 0 bridgehead atoms. The van der Waals surface area contributed by atoms with E-state index >= 15 is 0 Å². The number of methoxy groups -OCH3 is 2. The highest BCUT2D eigenvalue weighted by Gasteiger charge is 2.23. The summed E-state index contributed by atoms with van der Waals surface area (Å²) in [6.45, 7) is 6.08. The smallest absolute Gasteiger partial charge is 0.128 e. The fourth-order valence-electron chi connectivity index (χ4n) is 2.92. The van der Waals surface area contributed by atoms with Gasteiger partial charge in [-0.1, -0.05) is 23.8 Å². The summed E-state index contributed by atoms with van der Waals surface area (Å²) in [6.07, 6.45) is -0.781. The van der Waals surface area contributed by atoms with Crippen LogP contribution in [0.25, 0.3) is 0 Å². The Morgan fingerprint density at radius 3 is 1.76 bits per heavy atom. The summed E-state index contributed by atoms with van der Waals surface area (Å²) in [6, 6.07) is 9.67. The molecule has 0 fully saturated rings. The number of aliphatic hydroxyl groups excluding tert-OH is 1. The number of aryl methyl sites for hydroxylation is 3. The topological polar surface area (TPSA) is 38.7 Å². The molecule has 112 valence electrons. The second-order valence-electron chi connectivity index (χ2n) is 5.29. The monoisotopic (exact) mass is 286 g/mol. The van der Waals surface area contributed by atoms with Gasteiger partial charge in [-0.3, -0.25) is 0 Å². The SMILES string of the molecule is COc1cccc(OC)c1C(O)c1c(C)cc(C)cc1C. The molecule has 0 saturated carbocycles. The lowest BCUT2D eigenvalue weighted by atomic mass is 9.91. The first-order chi connectivity index (χ1) is 9.99. The van der Waals surface area contributed by atoms with E-state index in [2.05, 4.69) is 19.1 Å². The van der Waals surface area contributed by atoms with Gasteiger partial charge in [-0.05, 0) is 49.6 Å². The Kier molecular flexibility index (Phi) is 4.53. The number of ether oxygens (including phenoxy) is 2. The highest BCUT2D eigenvalue weighted by molar-refractivity contribution is 5.52. The van der Waals surface area contributed by atoms with E-state index in [1.807, 2.05) is 32.0 Å². The molecule has 3 heteroatoms. The van der Waals surface area contributed by atoms with Crippen molar-refractivity contribution >= 4 is 0 Å². The van der Waals surface area contributed by atoms with Crippen LogP contribution in [0, 0.1) is 20.8 Å². The second-order valence-corrected chi connectivity index (χ2v) is 5.29. The van der Waals surface area contributed by atoms with E-state index in [0.29, 0.717) is 17.1 Å². The van der Waals surface area contributed by atoms with Crippen molar-refractivity contribution in [2.45, 2.75) is 26.9 Å². The van der Waals surface area contributed by atoms with Gasteiger partial charge in [-0.25, -0.2) is 0 Å². The van der Waals surface area contributed by atoms with E-state index in [9.17, 15) is 5.11 Å². The first-order valence-corrected chi connectivity index (χ1v) is 6.96. The first kappa shape index (κ1) is 15.4. The van der Waals surface area contributed by atoms with Gasteiger partial charge in [-0.2, -0.15) is 0 Å². The lowest BCUT2D eigenvalue weighted by Crippen LogP contribution is -2.08. The molecule has 21 heavy (non-hydrogen) atoms. The van der Waals surface area contributed by atoms with Gasteiger partial charge in [0.2, 0.25) is 0 Å². The van der Waals surface area contributed by atoms with Crippen molar-refractivity contribution in [1.29, 1.82) is 0 Å². The van der Waals surface area contributed by atoms with Crippen molar-refractivity contribution in [2.75, 3.05) is 14.2 Å². The van der Waals surface area contributed by atoms with Crippen molar-refractivity contribution in [1.82, 2.24) is 0 Å². The van der Waals surface area contributed by atoms with Crippen LogP contribution in [0.3, 0.4) is 0 Å². The summed E-state index contributed by atoms with van der Waals surface area (Å²) in [4.78, 5) is 0. The van der Waals surface area contributed by atoms with Crippen molar-refractivity contribution in [3.05, 3.63) is 58.1 Å². The molecule has 1 N–H and O–H groups in total. The van der Waals surface area contributed by atoms with Crippen molar-refractivity contribution < 1.29 is 14.6 Å². The van der Waals surface area contributed by atoms with E-state index in [1.54, 1.807) is 14.2 Å². The van der Waals surface area contributed by atoms with Crippen LogP contribution in [0.2, 0.25) is 0 Å². The van der Waals surface area contributed by atoms with Crippen LogP contribution in [-0.4, -0.2) is 19.3 Å². The largest absolute Gasteiger partial charge is 0.496 e. The minimum absolute atomic E-state index is 0.626. The Hall–Kier alpha value is -2.00. The van der Waals surface area contributed by atoms with Gasteiger partial charge in [0.05, 0.1) is 19.8 Å². The molecule has 2 rings (SSSR count). The molecule has 0 heterocycles. The standard InChI is InChI=1S/C18H22O3/c1-11-9-12(2)16(13(3)10-11)18(19)17-14(20-4)7-6-8-15(17)21-5/h6-10,18-19H,1-5H3. The minimum atomic E-state index is -0.781. The molecule has 0 aliphatic heterocycles. The average molecular weight is 286 g/mol. The van der Waals surface area contributed by atoms with Gasteiger partial charge >= 0.3 is 0 Å². The maximum atomic E-state index is 10.9. The molecule has 0 spiro atoms. The molecule has 1 unspecified atom stereocenters. The summed E-state index contributed by atoms with van der Waals surface area (Å²) in [5.41, 5.74) is 4.88. The zero-order valence-corrected chi connectivity index (χ0v) is 13.2. The van der Waals surface area contributed by atoms with E-state index in [-0.39, 0.29) is 0 Å². The Bertz CT molecular complexity index is 602. The van der Waals surface area contributed by atoms with Crippen molar-refractivity contribution in [2.24, 2.45) is 0 Å². The predicted molar refractivity (Wildman–Crippen MR) is 84.3 cm³/mol. The van der Waals surface area contributed by atoms with Crippen LogP contribution in [0.15, 0.2) is 30.3 Å². The van der Waals surface area contributed by atoms with Crippen LogP contribution in [0.1, 0.15) is 33.9 Å². The fourth-order valence-corrected chi connectivity index (χ4v) is 2.92.